The number of rotatable bonds is 9. The van der Waals surface area contributed by atoms with Crippen molar-refractivity contribution in [1.29, 1.82) is 0 Å². The number of nitrogens with one attached hydrogen (secondary N) is 1. The number of anilines is 1. The number of aryl methyl sites for hydroxylation is 2. The molecule has 166 valence electrons. The molecule has 0 spiro atoms. The Bertz CT molecular complexity index is 1060. The van der Waals surface area contributed by atoms with Crippen LogP contribution >= 0.6 is 0 Å². The maximum absolute atomic E-state index is 12.5. The van der Waals surface area contributed by atoms with Crippen LogP contribution in [0, 0.1) is 13.8 Å². The number of ether oxygens (including phenoxy) is 3. The summed E-state index contributed by atoms with van der Waals surface area (Å²) in [4.78, 5) is 24.6. The second-order valence-corrected chi connectivity index (χ2v) is 7.40. The van der Waals surface area contributed by atoms with Crippen LogP contribution in [0.15, 0.2) is 66.7 Å². The Morgan fingerprint density at radius 3 is 2.19 bits per heavy atom. The summed E-state index contributed by atoms with van der Waals surface area (Å²) in [6, 6.07) is 19.7. The minimum Gasteiger partial charge on any atom is -0.497 e. The van der Waals surface area contributed by atoms with Crippen LogP contribution in [-0.2, 0) is 4.79 Å². The molecule has 3 rings (SSSR count). The highest BCUT2D eigenvalue weighted by Crippen LogP contribution is 2.20. The Morgan fingerprint density at radius 2 is 1.50 bits per heavy atom. The summed E-state index contributed by atoms with van der Waals surface area (Å²) < 4.78 is 16.0. The third-order valence-corrected chi connectivity index (χ3v) is 4.84. The third-order valence-electron chi connectivity index (χ3n) is 4.84. The van der Waals surface area contributed by atoms with Gasteiger partial charge in [-0.1, -0.05) is 12.1 Å². The molecule has 0 aliphatic rings. The van der Waals surface area contributed by atoms with Crippen molar-refractivity contribution in [2.75, 3.05) is 19.0 Å². The van der Waals surface area contributed by atoms with Crippen molar-refractivity contribution in [2.24, 2.45) is 0 Å². The highest BCUT2D eigenvalue weighted by Gasteiger charge is 2.10. The Balaban J connectivity index is 1.43. The molecule has 0 heterocycles. The van der Waals surface area contributed by atoms with E-state index in [0.717, 1.165) is 22.6 Å². The van der Waals surface area contributed by atoms with E-state index in [2.05, 4.69) is 5.32 Å². The van der Waals surface area contributed by atoms with Crippen LogP contribution in [0.25, 0.3) is 0 Å². The van der Waals surface area contributed by atoms with Gasteiger partial charge in [0.25, 0.3) is 5.91 Å². The van der Waals surface area contributed by atoms with Gasteiger partial charge in [0.15, 0.2) is 0 Å². The lowest BCUT2D eigenvalue weighted by Crippen LogP contribution is -2.13. The molecule has 1 amide bonds. The van der Waals surface area contributed by atoms with Crippen LogP contribution < -0.4 is 19.5 Å². The number of hydrogen-bond donors (Lipinski definition) is 1. The first-order valence-corrected chi connectivity index (χ1v) is 10.4. The summed E-state index contributed by atoms with van der Waals surface area (Å²) in [6.45, 7) is 4.32. The molecule has 3 aromatic rings. The van der Waals surface area contributed by atoms with Crippen molar-refractivity contribution in [2.45, 2.75) is 26.7 Å². The number of hydrogen-bond acceptors (Lipinski definition) is 5. The van der Waals surface area contributed by atoms with E-state index in [0.29, 0.717) is 30.1 Å². The molecule has 6 nitrogen and oxygen atoms in total. The summed E-state index contributed by atoms with van der Waals surface area (Å²) in [6.07, 6.45) is 0.756. The molecule has 32 heavy (non-hydrogen) atoms. The van der Waals surface area contributed by atoms with Crippen LogP contribution in [0.3, 0.4) is 0 Å². The van der Waals surface area contributed by atoms with E-state index >= 15 is 0 Å². The number of carbonyl (C=O) groups excluding carboxylic acids is 2. The Morgan fingerprint density at radius 1 is 0.844 bits per heavy atom. The minimum atomic E-state index is -0.351. The maximum atomic E-state index is 12.5. The van der Waals surface area contributed by atoms with Gasteiger partial charge in [0.05, 0.1) is 13.7 Å². The van der Waals surface area contributed by atoms with Crippen LogP contribution in [-0.4, -0.2) is 25.6 Å². The van der Waals surface area contributed by atoms with Gasteiger partial charge in [0.2, 0.25) is 0 Å². The van der Waals surface area contributed by atoms with Gasteiger partial charge in [-0.2, -0.15) is 0 Å². The third kappa shape index (κ3) is 6.60. The number of carbonyl (C=O) groups is 2. The van der Waals surface area contributed by atoms with E-state index in [1.807, 2.05) is 56.3 Å². The van der Waals surface area contributed by atoms with Gasteiger partial charge in [0, 0.05) is 17.7 Å². The number of amides is 1. The van der Waals surface area contributed by atoms with Crippen molar-refractivity contribution < 1.29 is 23.8 Å². The summed E-state index contributed by atoms with van der Waals surface area (Å²) in [7, 11) is 1.61. The van der Waals surface area contributed by atoms with Gasteiger partial charge in [-0.25, -0.2) is 0 Å². The average molecular weight is 434 g/mol. The lowest BCUT2D eigenvalue weighted by Gasteiger charge is -2.10. The second-order valence-electron chi connectivity index (χ2n) is 7.40. The zero-order chi connectivity index (χ0) is 22.9. The molecule has 0 unspecified atom stereocenters. The van der Waals surface area contributed by atoms with Gasteiger partial charge in [-0.3, -0.25) is 9.59 Å². The van der Waals surface area contributed by atoms with E-state index in [4.69, 9.17) is 14.2 Å². The fraction of sp³-hybridized carbons (Fsp3) is 0.231. The summed E-state index contributed by atoms with van der Waals surface area (Å²) >= 11 is 0. The number of methoxy groups -OCH3 is 1. The zero-order valence-corrected chi connectivity index (χ0v) is 18.5. The van der Waals surface area contributed by atoms with E-state index in [9.17, 15) is 9.59 Å². The fourth-order valence-corrected chi connectivity index (χ4v) is 3.00. The second kappa shape index (κ2) is 11.0. The first-order valence-electron chi connectivity index (χ1n) is 10.4. The predicted molar refractivity (Wildman–Crippen MR) is 124 cm³/mol. The van der Waals surface area contributed by atoms with E-state index in [-0.39, 0.29) is 18.3 Å². The Hall–Kier alpha value is -3.80. The van der Waals surface area contributed by atoms with Crippen LogP contribution in [0.2, 0.25) is 0 Å². The van der Waals surface area contributed by atoms with Gasteiger partial charge < -0.3 is 19.5 Å². The molecule has 0 aliphatic carbocycles. The fourth-order valence-electron chi connectivity index (χ4n) is 3.00. The molecule has 0 aliphatic heterocycles. The molecule has 0 aromatic heterocycles. The lowest BCUT2D eigenvalue weighted by atomic mass is 10.1. The first-order chi connectivity index (χ1) is 15.4. The molecule has 0 saturated heterocycles. The van der Waals surface area contributed by atoms with Crippen LogP contribution in [0.5, 0.6) is 17.2 Å². The Labute approximate surface area is 188 Å². The molecular formula is C26H27NO5. The number of esters is 1. The predicted octanol–water partition coefficient (Wildman–Crippen LogP) is 5.33. The summed E-state index contributed by atoms with van der Waals surface area (Å²) in [5.74, 6) is 1.31. The average Bonchev–Trinajstić information content (AvgIpc) is 2.80. The highest BCUT2D eigenvalue weighted by atomic mass is 16.5. The standard InChI is InChI=1S/C26H27NO5/c1-18-6-7-19(2)24(17-18)27-26(29)20-8-10-23(11-9-20)32-25(28)5-4-16-31-22-14-12-21(30-3)13-15-22/h6-15,17H,4-5,16H2,1-3H3,(H,27,29). The largest absolute Gasteiger partial charge is 0.497 e. The monoisotopic (exact) mass is 433 g/mol. The van der Waals surface area contributed by atoms with E-state index in [1.165, 1.54) is 0 Å². The van der Waals surface area contributed by atoms with Crippen LogP contribution in [0.4, 0.5) is 5.69 Å². The molecule has 3 aromatic carbocycles. The summed E-state index contributed by atoms with van der Waals surface area (Å²) in [5, 5.41) is 2.91. The zero-order valence-electron chi connectivity index (χ0n) is 18.5. The maximum Gasteiger partial charge on any atom is 0.311 e. The van der Waals surface area contributed by atoms with Crippen molar-refractivity contribution in [3.05, 3.63) is 83.4 Å². The van der Waals surface area contributed by atoms with Gasteiger partial charge in [-0.15, -0.1) is 0 Å². The van der Waals surface area contributed by atoms with Gasteiger partial charge in [0.1, 0.15) is 17.2 Å². The molecule has 1 N–H and O–H groups in total. The van der Waals surface area contributed by atoms with Gasteiger partial charge in [-0.05, 0) is 86.0 Å². The quantitative estimate of drug-likeness (QED) is 0.281. The minimum absolute atomic E-state index is 0.216. The van der Waals surface area contributed by atoms with Crippen molar-refractivity contribution in [3.8, 4) is 17.2 Å². The number of benzene rings is 3. The first kappa shape index (κ1) is 22.9. The highest BCUT2D eigenvalue weighted by molar-refractivity contribution is 6.04. The normalized spacial score (nSPS) is 10.3. The van der Waals surface area contributed by atoms with Crippen LogP contribution in [0.1, 0.15) is 34.3 Å². The van der Waals surface area contributed by atoms with Crippen molar-refractivity contribution in [3.63, 3.8) is 0 Å². The van der Waals surface area contributed by atoms with Crippen molar-refractivity contribution >= 4 is 17.6 Å². The van der Waals surface area contributed by atoms with Crippen molar-refractivity contribution in [1.82, 2.24) is 0 Å². The van der Waals surface area contributed by atoms with E-state index < -0.39 is 0 Å². The molecule has 6 heteroatoms. The SMILES string of the molecule is COc1ccc(OCCCC(=O)Oc2ccc(C(=O)Nc3cc(C)ccc3C)cc2)cc1. The molecule has 0 atom stereocenters. The molecule has 0 saturated carbocycles. The molecular weight excluding hydrogens is 406 g/mol. The van der Waals surface area contributed by atoms with Gasteiger partial charge >= 0.3 is 5.97 Å². The molecule has 0 fully saturated rings. The molecule has 0 bridgehead atoms. The topological polar surface area (TPSA) is 73.9 Å². The lowest BCUT2D eigenvalue weighted by molar-refractivity contribution is -0.134. The molecule has 0 radical (unpaired) electrons. The summed E-state index contributed by atoms with van der Waals surface area (Å²) in [5.41, 5.74) is 3.33. The Kier molecular flexibility index (Phi) is 7.86. The smallest absolute Gasteiger partial charge is 0.311 e. The van der Waals surface area contributed by atoms with E-state index in [1.54, 1.807) is 31.4 Å².